The van der Waals surface area contributed by atoms with Gasteiger partial charge in [0.15, 0.2) is 8.32 Å². The molecule has 1 aliphatic carbocycles. The maximum absolute atomic E-state index is 5.94. The second-order valence-corrected chi connectivity index (χ2v) is 17.3. The molecule has 30 heavy (non-hydrogen) atoms. The van der Waals surface area contributed by atoms with E-state index in [1.165, 1.54) is 40.2 Å². The largest absolute Gasteiger partial charge is 0.168 e. The van der Waals surface area contributed by atoms with Gasteiger partial charge >= 0.3 is 30.2 Å². The van der Waals surface area contributed by atoms with Crippen molar-refractivity contribution in [2.75, 3.05) is 6.61 Å². The first-order valence-corrected chi connectivity index (χ1v) is 19.8. The smallest absolute Gasteiger partial charge is 0.0809 e. The van der Waals surface area contributed by atoms with Crippen molar-refractivity contribution in [3.05, 3.63) is 80.7 Å². The van der Waals surface area contributed by atoms with Crippen molar-refractivity contribution >= 4 is 58.9 Å². The Balaban J connectivity index is -0.000000197. The van der Waals surface area contributed by atoms with Crippen LogP contribution in [0.3, 0.4) is 0 Å². The van der Waals surface area contributed by atoms with Crippen LogP contribution in [0.1, 0.15) is 6.42 Å². The summed E-state index contributed by atoms with van der Waals surface area (Å²) in [5.41, 5.74) is 0. The standard InChI is InChI=1S/C12H23OSi2.C9H7.2CH3.2ClH.Si.Zr/c1-14(2,3)13-10-11-15(4,5)12-8-6-7-9-12;1-2-5-9-7-3-6-8(9)4-1;;;;;;/h8-9H,6,10-11H2,1-5H3;1-7H;2*1H3;2*1H;;/q4*-1;;;;. The first-order chi connectivity index (χ1) is 12.3. The molecule has 0 N–H and O–H groups in total. The summed E-state index contributed by atoms with van der Waals surface area (Å²) in [5.74, 6) is 0. The van der Waals surface area contributed by atoms with E-state index in [0.29, 0.717) is 0 Å². The Hall–Kier alpha value is 0.384. The summed E-state index contributed by atoms with van der Waals surface area (Å²) in [5, 5.41) is 4.22. The minimum atomic E-state index is -1.32. The number of allylic oxidation sites excluding steroid dienone is 4. The molecule has 0 bridgehead atoms. The SMILES string of the molecule is C[Si](C)(C)OCC[Si](C)(C)C1=CC[C-]=C1.Cl.Cl.[CH3-].[CH3-].[Si]=[Zr].c1ccc2[cH-]ccc2c1. The van der Waals surface area contributed by atoms with Gasteiger partial charge < -0.3 is 19.3 Å². The van der Waals surface area contributed by atoms with Crippen molar-refractivity contribution in [2.45, 2.75) is 45.2 Å². The normalized spacial score (nSPS) is 11.7. The minimum absolute atomic E-state index is 0. The fourth-order valence-corrected chi connectivity index (χ4v) is 5.66. The van der Waals surface area contributed by atoms with E-state index in [4.69, 9.17) is 4.43 Å². The van der Waals surface area contributed by atoms with Crippen molar-refractivity contribution in [2.24, 2.45) is 0 Å². The van der Waals surface area contributed by atoms with Crippen LogP contribution in [-0.4, -0.2) is 29.9 Å². The third-order valence-corrected chi connectivity index (χ3v) is 8.72. The summed E-state index contributed by atoms with van der Waals surface area (Å²) < 4.78 is 5.94. The number of hydrogen-bond acceptors (Lipinski definition) is 1. The Labute approximate surface area is 217 Å². The zero-order valence-corrected chi connectivity index (χ0v) is 26.6. The van der Waals surface area contributed by atoms with Crippen LogP contribution in [-0.2, 0) is 27.8 Å². The summed E-state index contributed by atoms with van der Waals surface area (Å²) in [4.78, 5) is 0. The van der Waals surface area contributed by atoms with Crippen molar-refractivity contribution in [1.29, 1.82) is 0 Å². The Morgan fingerprint density at radius 3 is 2.13 bits per heavy atom. The van der Waals surface area contributed by atoms with Gasteiger partial charge in [-0.15, -0.1) is 60.9 Å². The maximum atomic E-state index is 5.94. The summed E-state index contributed by atoms with van der Waals surface area (Å²) in [6, 6.07) is 15.9. The molecule has 0 fully saturated rings. The Bertz CT molecular complexity index is 707. The molecule has 0 saturated heterocycles. The second-order valence-electron chi connectivity index (χ2n) is 7.96. The molecule has 0 atom stereocenters. The predicted octanol–water partition coefficient (Wildman–Crippen LogP) is 7.69. The van der Waals surface area contributed by atoms with E-state index < -0.39 is 16.4 Å². The second kappa shape index (κ2) is 18.9. The molecular formula is C23H38Cl2OSi3Zr-4. The molecule has 0 heterocycles. The van der Waals surface area contributed by atoms with Gasteiger partial charge in [0.1, 0.15) is 0 Å². The number of hydrogen-bond donors (Lipinski definition) is 0. The van der Waals surface area contributed by atoms with Crippen LogP contribution in [0.5, 0.6) is 0 Å². The zero-order valence-electron chi connectivity index (χ0n) is 19.5. The fraction of sp³-hybridized carbons (Fsp3) is 0.348. The molecule has 0 spiro atoms. The van der Waals surface area contributed by atoms with Gasteiger partial charge in [0.2, 0.25) is 0 Å². The first kappa shape index (κ1) is 37.7. The van der Waals surface area contributed by atoms with Crippen LogP contribution < -0.4 is 0 Å². The number of rotatable bonds is 5. The van der Waals surface area contributed by atoms with E-state index in [0.717, 1.165) is 13.0 Å². The van der Waals surface area contributed by atoms with Gasteiger partial charge in [-0.05, 0) is 33.8 Å². The Kier molecular flexibility index (Phi) is 23.8. The summed E-state index contributed by atoms with van der Waals surface area (Å²) in [7, 11) is -2.55. The first-order valence-electron chi connectivity index (χ1n) is 9.05. The zero-order chi connectivity index (χ0) is 19.6. The molecule has 2 aromatic rings. The average Bonchev–Trinajstić information content (AvgIpc) is 3.28. The monoisotopic (exact) mass is 574 g/mol. The quantitative estimate of drug-likeness (QED) is 0.262. The van der Waals surface area contributed by atoms with Gasteiger partial charge in [-0.2, -0.15) is 23.6 Å². The van der Waals surface area contributed by atoms with Gasteiger partial charge in [0.05, 0.1) is 0 Å². The average molecular weight is 577 g/mol. The van der Waals surface area contributed by atoms with Crippen molar-refractivity contribution in [1.82, 2.24) is 0 Å². The van der Waals surface area contributed by atoms with Gasteiger partial charge in [-0.1, -0.05) is 19.2 Å². The molecule has 3 rings (SSSR count). The van der Waals surface area contributed by atoms with Gasteiger partial charge in [0, 0.05) is 6.61 Å². The number of halogens is 2. The van der Waals surface area contributed by atoms with Gasteiger partial charge in [-0.25, -0.2) is 11.3 Å². The Morgan fingerprint density at radius 2 is 1.63 bits per heavy atom. The summed E-state index contributed by atoms with van der Waals surface area (Å²) in [6.45, 7) is 15.6. The van der Waals surface area contributed by atoms with E-state index in [1.54, 1.807) is 5.20 Å². The summed E-state index contributed by atoms with van der Waals surface area (Å²) >= 11 is 1.36. The van der Waals surface area contributed by atoms with Crippen molar-refractivity contribution < 1.29 is 27.8 Å². The van der Waals surface area contributed by atoms with E-state index in [-0.39, 0.29) is 39.7 Å². The molecule has 0 aromatic heterocycles. The Morgan fingerprint density at radius 1 is 1.03 bits per heavy atom. The van der Waals surface area contributed by atoms with E-state index >= 15 is 0 Å². The molecule has 1 aliphatic rings. The molecule has 0 amide bonds. The molecule has 0 aliphatic heterocycles. The molecule has 170 valence electrons. The van der Waals surface area contributed by atoms with Crippen LogP contribution in [0.25, 0.3) is 10.8 Å². The summed E-state index contributed by atoms with van der Waals surface area (Å²) in [6.07, 6.45) is 8.81. The van der Waals surface area contributed by atoms with Crippen molar-refractivity contribution in [3.8, 4) is 0 Å². The number of fused-ring (bicyclic) bond motifs is 1. The van der Waals surface area contributed by atoms with E-state index in [9.17, 15) is 0 Å². The van der Waals surface area contributed by atoms with Gasteiger partial charge in [0.25, 0.3) is 0 Å². The van der Waals surface area contributed by atoms with Crippen LogP contribution in [0, 0.1) is 20.9 Å². The predicted molar refractivity (Wildman–Crippen MR) is 145 cm³/mol. The molecule has 1 nitrogen and oxygen atoms in total. The topological polar surface area (TPSA) is 9.23 Å². The van der Waals surface area contributed by atoms with Crippen molar-refractivity contribution in [3.63, 3.8) is 0 Å². The maximum Gasteiger partial charge on any atom is -0.0809 e. The van der Waals surface area contributed by atoms with E-state index in [2.05, 4.69) is 100 Å². The fourth-order valence-electron chi connectivity index (χ4n) is 2.69. The molecule has 2 aromatic carbocycles. The van der Waals surface area contributed by atoms with E-state index in [1.807, 2.05) is 0 Å². The van der Waals surface area contributed by atoms with Crippen LogP contribution in [0.15, 0.2) is 59.8 Å². The minimum Gasteiger partial charge on any atom is -0.168 e. The van der Waals surface area contributed by atoms with Crippen LogP contribution >= 0.6 is 24.8 Å². The van der Waals surface area contributed by atoms with Crippen LogP contribution in [0.2, 0.25) is 38.8 Å². The molecule has 0 saturated carbocycles. The molecule has 0 unspecified atom stereocenters. The number of benzene rings is 1. The molecular weight excluding hydrogens is 539 g/mol. The third kappa shape index (κ3) is 14.4. The molecule has 2 radical (unpaired) electrons. The van der Waals surface area contributed by atoms with Gasteiger partial charge in [-0.3, -0.25) is 6.08 Å². The molecule has 7 heteroatoms. The van der Waals surface area contributed by atoms with Crippen LogP contribution in [0.4, 0.5) is 0 Å². The third-order valence-electron chi connectivity index (χ3n) is 4.29.